The van der Waals surface area contributed by atoms with E-state index in [-0.39, 0.29) is 12.5 Å². The number of piperidine rings is 2. The smallest absolute Gasteiger partial charge is 0.253 e. The molecule has 1 atom stereocenters. The molecule has 4 rings (SSSR count). The van der Waals surface area contributed by atoms with Crippen molar-refractivity contribution in [1.82, 2.24) is 19.8 Å². The van der Waals surface area contributed by atoms with Crippen LogP contribution in [0.1, 0.15) is 42.5 Å². The lowest BCUT2D eigenvalue weighted by molar-refractivity contribution is -0.000137. The number of carbonyl (C=O) groups is 1. The highest BCUT2D eigenvalue weighted by Gasteiger charge is 2.36. The Kier molecular flexibility index (Phi) is 8.41. The van der Waals surface area contributed by atoms with E-state index in [0.717, 1.165) is 50.0 Å². The molecule has 1 aromatic heterocycles. The number of aliphatic hydroxyl groups is 1. The van der Waals surface area contributed by atoms with Crippen molar-refractivity contribution in [1.29, 1.82) is 0 Å². The maximum atomic E-state index is 13.1. The van der Waals surface area contributed by atoms with Crippen LogP contribution in [-0.4, -0.2) is 96.4 Å². The predicted octanol–water partition coefficient (Wildman–Crippen LogP) is 2.49. The highest BCUT2D eigenvalue weighted by Crippen LogP contribution is 2.27. The van der Waals surface area contributed by atoms with Crippen LogP contribution in [0.4, 0.5) is 11.6 Å². The SMILES string of the molecule is CNc1cc(N2CCC[C@@](O)(CN(C)C(=O)c3ccc(OCCN4CCCCC4)cc3)C2)ncn1. The van der Waals surface area contributed by atoms with E-state index < -0.39 is 5.60 Å². The number of anilines is 2. The second-order valence-corrected chi connectivity index (χ2v) is 9.70. The van der Waals surface area contributed by atoms with Crippen LogP contribution >= 0.6 is 0 Å². The summed E-state index contributed by atoms with van der Waals surface area (Å²) in [5.74, 6) is 2.16. The van der Waals surface area contributed by atoms with Crippen molar-refractivity contribution in [2.75, 3.05) is 70.2 Å². The number of nitrogens with one attached hydrogen (secondary N) is 1. The monoisotopic (exact) mass is 482 g/mol. The summed E-state index contributed by atoms with van der Waals surface area (Å²) >= 11 is 0. The molecule has 3 heterocycles. The van der Waals surface area contributed by atoms with Crippen molar-refractivity contribution in [3.8, 4) is 5.75 Å². The summed E-state index contributed by atoms with van der Waals surface area (Å²) < 4.78 is 5.88. The highest BCUT2D eigenvalue weighted by molar-refractivity contribution is 5.94. The van der Waals surface area contributed by atoms with Crippen molar-refractivity contribution in [3.63, 3.8) is 0 Å². The molecule has 35 heavy (non-hydrogen) atoms. The van der Waals surface area contributed by atoms with E-state index in [1.54, 1.807) is 24.1 Å². The minimum Gasteiger partial charge on any atom is -0.492 e. The second-order valence-electron chi connectivity index (χ2n) is 9.70. The second kappa shape index (κ2) is 11.7. The molecule has 1 amide bonds. The van der Waals surface area contributed by atoms with E-state index in [0.29, 0.717) is 25.1 Å². The van der Waals surface area contributed by atoms with Gasteiger partial charge in [0.1, 0.15) is 30.3 Å². The maximum Gasteiger partial charge on any atom is 0.253 e. The molecule has 9 nitrogen and oxygen atoms in total. The predicted molar refractivity (Wildman–Crippen MR) is 137 cm³/mol. The van der Waals surface area contributed by atoms with Gasteiger partial charge in [-0.2, -0.15) is 0 Å². The number of hydrogen-bond acceptors (Lipinski definition) is 8. The first-order valence-corrected chi connectivity index (χ1v) is 12.6. The summed E-state index contributed by atoms with van der Waals surface area (Å²) in [5, 5.41) is 14.3. The van der Waals surface area contributed by atoms with E-state index in [9.17, 15) is 9.90 Å². The van der Waals surface area contributed by atoms with Crippen molar-refractivity contribution in [3.05, 3.63) is 42.2 Å². The van der Waals surface area contributed by atoms with Gasteiger partial charge in [-0.1, -0.05) is 6.42 Å². The number of ether oxygens (including phenoxy) is 1. The molecule has 0 radical (unpaired) electrons. The van der Waals surface area contributed by atoms with Crippen molar-refractivity contribution in [2.24, 2.45) is 0 Å². The van der Waals surface area contributed by atoms with Gasteiger partial charge in [-0.3, -0.25) is 9.69 Å². The zero-order chi connectivity index (χ0) is 24.7. The van der Waals surface area contributed by atoms with Crippen LogP contribution in [0.2, 0.25) is 0 Å². The van der Waals surface area contributed by atoms with E-state index in [4.69, 9.17) is 4.74 Å². The molecule has 0 saturated carbocycles. The minimum absolute atomic E-state index is 0.116. The minimum atomic E-state index is -1.01. The third kappa shape index (κ3) is 6.82. The fourth-order valence-electron chi connectivity index (χ4n) is 5.00. The Morgan fingerprint density at radius 1 is 1.14 bits per heavy atom. The Labute approximate surface area is 208 Å². The average molecular weight is 483 g/mol. The van der Waals surface area contributed by atoms with Gasteiger partial charge >= 0.3 is 0 Å². The Morgan fingerprint density at radius 3 is 2.66 bits per heavy atom. The fourth-order valence-corrected chi connectivity index (χ4v) is 5.00. The Morgan fingerprint density at radius 2 is 1.91 bits per heavy atom. The van der Waals surface area contributed by atoms with Crippen LogP contribution in [0.3, 0.4) is 0 Å². The van der Waals surface area contributed by atoms with Crippen molar-refractivity contribution >= 4 is 17.5 Å². The molecule has 1 aromatic carbocycles. The Hall–Kier alpha value is -2.91. The molecule has 0 aliphatic carbocycles. The topological polar surface area (TPSA) is 94.1 Å². The number of likely N-dealkylation sites (N-methyl/N-ethyl adjacent to an activating group) is 1. The van der Waals surface area contributed by atoms with Gasteiger partial charge in [-0.05, 0) is 63.0 Å². The first-order chi connectivity index (χ1) is 17.0. The third-order valence-electron chi connectivity index (χ3n) is 6.89. The summed E-state index contributed by atoms with van der Waals surface area (Å²) in [6, 6.07) is 9.17. The number of benzene rings is 1. The maximum absolute atomic E-state index is 13.1. The number of hydrogen-bond donors (Lipinski definition) is 2. The molecule has 2 aliphatic rings. The molecule has 0 unspecified atom stereocenters. The van der Waals surface area contributed by atoms with Crippen LogP contribution in [0.5, 0.6) is 5.75 Å². The number of carbonyl (C=O) groups excluding carboxylic acids is 1. The highest BCUT2D eigenvalue weighted by atomic mass is 16.5. The number of likely N-dealkylation sites (tertiary alicyclic amines) is 1. The van der Waals surface area contributed by atoms with Crippen LogP contribution in [0, 0.1) is 0 Å². The summed E-state index contributed by atoms with van der Waals surface area (Å²) in [6.45, 7) is 5.37. The van der Waals surface area contributed by atoms with Gasteiger partial charge in [0.05, 0.1) is 12.1 Å². The Balaban J connectivity index is 1.29. The fraction of sp³-hybridized carbons (Fsp3) is 0.577. The summed E-state index contributed by atoms with van der Waals surface area (Å²) in [7, 11) is 3.56. The molecule has 2 saturated heterocycles. The molecule has 190 valence electrons. The quantitative estimate of drug-likeness (QED) is 0.563. The molecular weight excluding hydrogens is 444 g/mol. The molecule has 2 aromatic rings. The normalized spacial score (nSPS) is 20.9. The van der Waals surface area contributed by atoms with Crippen LogP contribution in [0.15, 0.2) is 36.7 Å². The number of amides is 1. The van der Waals surface area contributed by atoms with E-state index in [2.05, 4.69) is 25.1 Å². The molecule has 0 spiro atoms. The summed E-state index contributed by atoms with van der Waals surface area (Å²) in [5.41, 5.74) is -0.424. The van der Waals surface area contributed by atoms with Gasteiger partial charge in [0.25, 0.3) is 5.91 Å². The number of rotatable bonds is 9. The molecule has 2 aliphatic heterocycles. The van der Waals surface area contributed by atoms with Crippen molar-refractivity contribution in [2.45, 2.75) is 37.7 Å². The van der Waals surface area contributed by atoms with E-state index >= 15 is 0 Å². The van der Waals surface area contributed by atoms with Crippen LogP contribution in [-0.2, 0) is 0 Å². The largest absolute Gasteiger partial charge is 0.492 e. The number of aromatic nitrogens is 2. The molecular formula is C26H38N6O3. The lowest BCUT2D eigenvalue weighted by Crippen LogP contribution is -2.54. The zero-order valence-electron chi connectivity index (χ0n) is 20.9. The number of nitrogens with zero attached hydrogens (tertiary/aromatic N) is 5. The van der Waals surface area contributed by atoms with E-state index in [1.165, 1.54) is 25.6 Å². The molecule has 0 bridgehead atoms. The lowest BCUT2D eigenvalue weighted by Gasteiger charge is -2.41. The van der Waals surface area contributed by atoms with Crippen LogP contribution < -0.4 is 15.0 Å². The van der Waals surface area contributed by atoms with E-state index in [1.807, 2.05) is 25.2 Å². The first kappa shape index (κ1) is 25.2. The average Bonchev–Trinajstić information content (AvgIpc) is 2.89. The Bertz CT molecular complexity index is 966. The molecule has 9 heteroatoms. The van der Waals surface area contributed by atoms with Gasteiger partial charge in [-0.25, -0.2) is 9.97 Å². The van der Waals surface area contributed by atoms with Gasteiger partial charge in [0, 0.05) is 45.4 Å². The first-order valence-electron chi connectivity index (χ1n) is 12.6. The molecule has 2 N–H and O–H groups in total. The molecule has 2 fully saturated rings. The summed E-state index contributed by atoms with van der Waals surface area (Å²) in [6.07, 6.45) is 6.85. The summed E-state index contributed by atoms with van der Waals surface area (Å²) in [4.78, 5) is 27.7. The number of β-amino-alcohol motifs (C(OH)–C–C–N with tert-alkyl or cyclic N) is 1. The van der Waals surface area contributed by atoms with Gasteiger partial charge in [0.2, 0.25) is 0 Å². The lowest BCUT2D eigenvalue weighted by atomic mass is 9.92. The third-order valence-corrected chi connectivity index (χ3v) is 6.89. The zero-order valence-corrected chi connectivity index (χ0v) is 20.9. The van der Waals surface area contributed by atoms with Crippen molar-refractivity contribution < 1.29 is 14.6 Å². The standard InChI is InChI=1S/C26H38N6O3/c1-27-23-17-24(29-20-28-23)32-14-6-11-26(34,19-32)18-30(2)25(33)21-7-9-22(10-8-21)35-16-15-31-12-4-3-5-13-31/h7-10,17,20,34H,3-6,11-16,18-19H2,1-2H3,(H,27,28,29)/t26-/m1/s1. The van der Waals surface area contributed by atoms with Crippen LogP contribution in [0.25, 0.3) is 0 Å². The van der Waals surface area contributed by atoms with Gasteiger partial charge in [0.15, 0.2) is 0 Å². The van der Waals surface area contributed by atoms with Gasteiger partial charge in [-0.15, -0.1) is 0 Å². The van der Waals surface area contributed by atoms with Gasteiger partial charge < -0.3 is 25.0 Å².